The van der Waals surface area contributed by atoms with Crippen molar-refractivity contribution in [2.24, 2.45) is 0 Å². The van der Waals surface area contributed by atoms with Crippen LogP contribution in [0.1, 0.15) is 24.5 Å². The fourth-order valence-corrected chi connectivity index (χ4v) is 2.15. The summed E-state index contributed by atoms with van der Waals surface area (Å²) < 4.78 is 10.7. The molecule has 0 saturated carbocycles. The fraction of sp³-hybridized carbons (Fsp3) is 0.300. The zero-order valence-electron chi connectivity index (χ0n) is 14.7. The lowest BCUT2D eigenvalue weighted by Crippen LogP contribution is -2.30. The monoisotopic (exact) mass is 341 g/mol. The lowest BCUT2D eigenvalue weighted by molar-refractivity contribution is -0.153. The van der Waals surface area contributed by atoms with Crippen molar-refractivity contribution in [2.45, 2.75) is 33.3 Å². The van der Waals surface area contributed by atoms with E-state index in [1.807, 2.05) is 50.2 Å². The SMILES string of the molecule is Cc1ccc(NC(=O)[C@H](C)OC(=O)CCOc2ccccc2C)cc1. The highest BCUT2D eigenvalue weighted by Gasteiger charge is 2.18. The summed E-state index contributed by atoms with van der Waals surface area (Å²) in [6, 6.07) is 15.0. The molecule has 1 N–H and O–H groups in total. The maximum atomic E-state index is 12.1. The van der Waals surface area contributed by atoms with Crippen LogP contribution in [-0.2, 0) is 14.3 Å². The van der Waals surface area contributed by atoms with Crippen LogP contribution in [-0.4, -0.2) is 24.6 Å². The Morgan fingerprint density at radius 3 is 2.40 bits per heavy atom. The first kappa shape index (κ1) is 18.5. The van der Waals surface area contributed by atoms with Crippen molar-refractivity contribution in [3.8, 4) is 5.75 Å². The quantitative estimate of drug-likeness (QED) is 0.781. The molecule has 1 atom stereocenters. The number of benzene rings is 2. The van der Waals surface area contributed by atoms with E-state index in [1.54, 1.807) is 19.1 Å². The van der Waals surface area contributed by atoms with Crippen molar-refractivity contribution in [1.29, 1.82) is 0 Å². The molecule has 1 amide bonds. The number of ether oxygens (including phenoxy) is 2. The molecular formula is C20H23NO4. The summed E-state index contributed by atoms with van der Waals surface area (Å²) in [5, 5.41) is 2.72. The molecule has 0 radical (unpaired) electrons. The maximum absolute atomic E-state index is 12.1. The number of carbonyl (C=O) groups is 2. The second-order valence-corrected chi connectivity index (χ2v) is 5.85. The molecule has 0 aromatic heterocycles. The van der Waals surface area contributed by atoms with Crippen LogP contribution in [0.15, 0.2) is 48.5 Å². The van der Waals surface area contributed by atoms with Crippen LogP contribution in [0, 0.1) is 13.8 Å². The predicted octanol–water partition coefficient (Wildman–Crippen LogP) is 3.64. The standard InChI is InChI=1S/C20H23NO4/c1-14-8-10-17(11-9-14)21-20(23)16(3)25-19(22)12-13-24-18-7-5-4-6-15(18)2/h4-11,16H,12-13H2,1-3H3,(H,21,23)/t16-/m0/s1. The molecule has 5 nitrogen and oxygen atoms in total. The first-order valence-corrected chi connectivity index (χ1v) is 8.21. The minimum Gasteiger partial charge on any atom is -0.493 e. The minimum absolute atomic E-state index is 0.0798. The van der Waals surface area contributed by atoms with E-state index >= 15 is 0 Å². The molecule has 0 bridgehead atoms. The van der Waals surface area contributed by atoms with Gasteiger partial charge in [-0.3, -0.25) is 9.59 Å². The second kappa shape index (κ2) is 8.87. The first-order valence-electron chi connectivity index (χ1n) is 8.21. The highest BCUT2D eigenvalue weighted by Crippen LogP contribution is 2.16. The van der Waals surface area contributed by atoms with Gasteiger partial charge in [0.2, 0.25) is 0 Å². The summed E-state index contributed by atoms with van der Waals surface area (Å²) in [4.78, 5) is 23.9. The average Bonchev–Trinajstić information content (AvgIpc) is 2.58. The van der Waals surface area contributed by atoms with Crippen LogP contribution < -0.4 is 10.1 Å². The number of rotatable bonds is 7. The summed E-state index contributed by atoms with van der Waals surface area (Å²) in [7, 11) is 0. The molecule has 132 valence electrons. The summed E-state index contributed by atoms with van der Waals surface area (Å²) >= 11 is 0. The number of nitrogens with one attached hydrogen (secondary N) is 1. The van der Waals surface area contributed by atoms with E-state index in [4.69, 9.17) is 9.47 Å². The van der Waals surface area contributed by atoms with E-state index < -0.39 is 12.1 Å². The van der Waals surface area contributed by atoms with Gasteiger partial charge in [0.25, 0.3) is 5.91 Å². The summed E-state index contributed by atoms with van der Waals surface area (Å²) in [6.45, 7) is 5.65. The van der Waals surface area contributed by atoms with Crippen molar-refractivity contribution in [3.63, 3.8) is 0 Å². The molecule has 0 unspecified atom stereocenters. The zero-order valence-corrected chi connectivity index (χ0v) is 14.7. The summed E-state index contributed by atoms with van der Waals surface area (Å²) in [5.41, 5.74) is 2.77. The smallest absolute Gasteiger partial charge is 0.310 e. The number of hydrogen-bond donors (Lipinski definition) is 1. The number of aryl methyl sites for hydroxylation is 2. The van der Waals surface area contributed by atoms with Gasteiger partial charge in [-0.25, -0.2) is 0 Å². The average molecular weight is 341 g/mol. The van der Waals surface area contributed by atoms with Gasteiger partial charge in [-0.2, -0.15) is 0 Å². The Labute approximate surface area is 148 Å². The van der Waals surface area contributed by atoms with Gasteiger partial charge in [-0.1, -0.05) is 35.9 Å². The molecule has 2 aromatic rings. The molecule has 5 heteroatoms. The Balaban J connectivity index is 1.74. The van der Waals surface area contributed by atoms with E-state index in [0.29, 0.717) is 5.69 Å². The summed E-state index contributed by atoms with van der Waals surface area (Å²) in [5.74, 6) is -0.0994. The van der Waals surface area contributed by atoms with Gasteiger partial charge >= 0.3 is 5.97 Å². The zero-order chi connectivity index (χ0) is 18.2. The number of hydrogen-bond acceptors (Lipinski definition) is 4. The molecule has 0 fully saturated rings. The fourth-order valence-electron chi connectivity index (χ4n) is 2.15. The van der Waals surface area contributed by atoms with Gasteiger partial charge in [-0.05, 0) is 44.5 Å². The number of carbonyl (C=O) groups excluding carboxylic acids is 2. The molecule has 0 aliphatic rings. The maximum Gasteiger partial charge on any atom is 0.310 e. The molecule has 0 aliphatic heterocycles. The Kier molecular flexibility index (Phi) is 6.57. The third-order valence-electron chi connectivity index (χ3n) is 3.65. The molecule has 2 aromatic carbocycles. The van der Waals surface area contributed by atoms with E-state index in [0.717, 1.165) is 16.9 Å². The number of anilines is 1. The molecule has 25 heavy (non-hydrogen) atoms. The number of amides is 1. The van der Waals surface area contributed by atoms with Gasteiger partial charge in [0.05, 0.1) is 13.0 Å². The molecule has 0 saturated heterocycles. The van der Waals surface area contributed by atoms with E-state index in [1.165, 1.54) is 0 Å². The molecule has 2 rings (SSSR count). The molecule has 0 heterocycles. The van der Waals surface area contributed by atoms with Crippen molar-refractivity contribution in [2.75, 3.05) is 11.9 Å². The highest BCUT2D eigenvalue weighted by molar-refractivity contribution is 5.95. The predicted molar refractivity (Wildman–Crippen MR) is 96.7 cm³/mol. The van der Waals surface area contributed by atoms with Crippen LogP contribution in [0.25, 0.3) is 0 Å². The van der Waals surface area contributed by atoms with Gasteiger partial charge < -0.3 is 14.8 Å². The highest BCUT2D eigenvalue weighted by atomic mass is 16.5. The number of esters is 1. The molecule has 0 aliphatic carbocycles. The van der Waals surface area contributed by atoms with Crippen LogP contribution in [0.4, 0.5) is 5.69 Å². The minimum atomic E-state index is -0.868. The van der Waals surface area contributed by atoms with Crippen LogP contribution in [0.3, 0.4) is 0 Å². The van der Waals surface area contributed by atoms with E-state index in [9.17, 15) is 9.59 Å². The van der Waals surface area contributed by atoms with Crippen molar-refractivity contribution >= 4 is 17.6 Å². The third kappa shape index (κ3) is 5.95. The second-order valence-electron chi connectivity index (χ2n) is 5.85. The van der Waals surface area contributed by atoms with Gasteiger partial charge in [0.15, 0.2) is 6.10 Å². The normalized spacial score (nSPS) is 11.5. The van der Waals surface area contributed by atoms with Gasteiger partial charge in [0.1, 0.15) is 5.75 Å². The van der Waals surface area contributed by atoms with Crippen molar-refractivity contribution in [3.05, 3.63) is 59.7 Å². The lowest BCUT2D eigenvalue weighted by Gasteiger charge is -2.14. The lowest BCUT2D eigenvalue weighted by atomic mass is 10.2. The molecule has 0 spiro atoms. The Hall–Kier alpha value is -2.82. The Bertz CT molecular complexity index is 725. The summed E-state index contributed by atoms with van der Waals surface area (Å²) in [6.07, 6.45) is -0.788. The van der Waals surface area contributed by atoms with Gasteiger partial charge in [0, 0.05) is 5.69 Å². The van der Waals surface area contributed by atoms with Crippen LogP contribution in [0.5, 0.6) is 5.75 Å². The van der Waals surface area contributed by atoms with Crippen molar-refractivity contribution in [1.82, 2.24) is 0 Å². The molecular weight excluding hydrogens is 318 g/mol. The van der Waals surface area contributed by atoms with E-state index in [-0.39, 0.29) is 18.9 Å². The van der Waals surface area contributed by atoms with Crippen LogP contribution in [0.2, 0.25) is 0 Å². The Morgan fingerprint density at radius 1 is 1.04 bits per heavy atom. The third-order valence-corrected chi connectivity index (χ3v) is 3.65. The first-order chi connectivity index (χ1) is 12.0. The van der Waals surface area contributed by atoms with Crippen molar-refractivity contribution < 1.29 is 19.1 Å². The van der Waals surface area contributed by atoms with Crippen LogP contribution >= 0.6 is 0 Å². The van der Waals surface area contributed by atoms with E-state index in [2.05, 4.69) is 5.32 Å². The largest absolute Gasteiger partial charge is 0.493 e. The topological polar surface area (TPSA) is 64.6 Å². The Morgan fingerprint density at radius 2 is 1.72 bits per heavy atom. The van der Waals surface area contributed by atoms with Gasteiger partial charge in [-0.15, -0.1) is 0 Å². The number of para-hydroxylation sites is 1.